The maximum atomic E-state index is 11.7. The molecule has 1 saturated heterocycles. The van der Waals surface area contributed by atoms with Crippen molar-refractivity contribution in [1.82, 2.24) is 9.55 Å². The third-order valence-corrected chi connectivity index (χ3v) is 2.79. The van der Waals surface area contributed by atoms with Gasteiger partial charge in [-0.15, -0.1) is 0 Å². The number of nitrogens with zero attached hydrogens (tertiary/aromatic N) is 2. The highest BCUT2D eigenvalue weighted by atomic mass is 35.5. The topological polar surface area (TPSA) is 44.1 Å². The molecule has 2 heterocycles. The number of aryl methyl sites for hydroxylation is 1. The number of hydrogen-bond acceptors (Lipinski definition) is 3. The first-order valence-electron chi connectivity index (χ1n) is 5.02. The zero-order valence-electron chi connectivity index (χ0n) is 8.57. The minimum absolute atomic E-state index is 0.0944. The number of aromatic nitrogens is 2. The van der Waals surface area contributed by atoms with E-state index in [1.807, 2.05) is 0 Å². The largest absolute Gasteiger partial charge is 0.379 e. The summed E-state index contributed by atoms with van der Waals surface area (Å²) >= 11 is 5.71. The predicted octanol–water partition coefficient (Wildman–Crippen LogP) is 1.56. The molecule has 1 aromatic heterocycles. The van der Waals surface area contributed by atoms with Gasteiger partial charge < -0.3 is 4.74 Å². The van der Waals surface area contributed by atoms with Crippen molar-refractivity contribution >= 4 is 11.6 Å². The van der Waals surface area contributed by atoms with Crippen LogP contribution in [0, 0.1) is 6.92 Å². The molecule has 1 aliphatic rings. The summed E-state index contributed by atoms with van der Waals surface area (Å²) in [4.78, 5) is 15.8. The van der Waals surface area contributed by atoms with Gasteiger partial charge in [0.25, 0.3) is 5.56 Å². The van der Waals surface area contributed by atoms with E-state index in [2.05, 4.69) is 4.98 Å². The molecule has 0 aliphatic carbocycles. The molecule has 1 fully saturated rings. The van der Waals surface area contributed by atoms with Gasteiger partial charge in [0.15, 0.2) is 0 Å². The summed E-state index contributed by atoms with van der Waals surface area (Å²) in [6, 6.07) is 1.46. The molecular weight excluding hydrogens is 216 g/mol. The van der Waals surface area contributed by atoms with Crippen LogP contribution in [0.1, 0.15) is 24.7 Å². The van der Waals surface area contributed by atoms with Crippen molar-refractivity contribution in [3.05, 3.63) is 27.4 Å². The molecule has 1 aromatic rings. The molecule has 82 valence electrons. The van der Waals surface area contributed by atoms with Crippen LogP contribution >= 0.6 is 11.6 Å². The monoisotopic (exact) mass is 228 g/mol. The zero-order valence-corrected chi connectivity index (χ0v) is 9.33. The van der Waals surface area contributed by atoms with Gasteiger partial charge in [-0.2, -0.15) is 0 Å². The van der Waals surface area contributed by atoms with Crippen LogP contribution in [0.25, 0.3) is 0 Å². The summed E-state index contributed by atoms with van der Waals surface area (Å²) in [7, 11) is 0. The molecule has 1 aliphatic heterocycles. The number of ether oxygens (including phenoxy) is 1. The van der Waals surface area contributed by atoms with Crippen LogP contribution in [0.2, 0.25) is 5.15 Å². The van der Waals surface area contributed by atoms with Crippen molar-refractivity contribution in [2.24, 2.45) is 0 Å². The Labute approximate surface area is 92.8 Å². The molecule has 2 rings (SSSR count). The van der Waals surface area contributed by atoms with Gasteiger partial charge in [0.2, 0.25) is 0 Å². The molecule has 4 nitrogen and oxygen atoms in total. The van der Waals surface area contributed by atoms with Gasteiger partial charge in [0, 0.05) is 12.7 Å². The summed E-state index contributed by atoms with van der Waals surface area (Å²) in [6.07, 6.45) is 1.95. The highest BCUT2D eigenvalue weighted by Crippen LogP contribution is 2.19. The molecule has 5 heteroatoms. The van der Waals surface area contributed by atoms with E-state index in [1.54, 1.807) is 11.5 Å². The van der Waals surface area contributed by atoms with Crippen molar-refractivity contribution in [3.8, 4) is 0 Å². The van der Waals surface area contributed by atoms with Crippen LogP contribution in [0.3, 0.4) is 0 Å². The maximum absolute atomic E-state index is 11.7. The smallest absolute Gasteiger partial charge is 0.255 e. The fourth-order valence-electron chi connectivity index (χ4n) is 1.94. The highest BCUT2D eigenvalue weighted by Gasteiger charge is 2.18. The Kier molecular flexibility index (Phi) is 3.07. The lowest BCUT2D eigenvalue weighted by molar-refractivity contribution is 0.0568. The van der Waals surface area contributed by atoms with Crippen molar-refractivity contribution in [2.75, 3.05) is 13.2 Å². The lowest BCUT2D eigenvalue weighted by atomic mass is 10.1. The Bertz CT molecular complexity index is 410. The Morgan fingerprint density at radius 2 is 2.47 bits per heavy atom. The summed E-state index contributed by atoms with van der Waals surface area (Å²) in [5.74, 6) is 0.656. The molecule has 0 N–H and O–H groups in total. The third-order valence-electron chi connectivity index (χ3n) is 2.60. The molecule has 15 heavy (non-hydrogen) atoms. The Hall–Kier alpha value is -0.870. The second kappa shape index (κ2) is 4.33. The van der Waals surface area contributed by atoms with Crippen molar-refractivity contribution in [1.29, 1.82) is 0 Å². The Morgan fingerprint density at radius 1 is 1.67 bits per heavy atom. The minimum atomic E-state index is -0.0944. The van der Waals surface area contributed by atoms with Gasteiger partial charge >= 0.3 is 0 Å². The van der Waals surface area contributed by atoms with Crippen LogP contribution < -0.4 is 5.56 Å². The second-order valence-corrected chi connectivity index (χ2v) is 4.09. The number of halogens is 1. The van der Waals surface area contributed by atoms with E-state index in [0.29, 0.717) is 12.4 Å². The molecule has 0 radical (unpaired) electrons. The predicted molar refractivity (Wildman–Crippen MR) is 57.3 cm³/mol. The minimum Gasteiger partial charge on any atom is -0.379 e. The van der Waals surface area contributed by atoms with Crippen molar-refractivity contribution < 1.29 is 4.74 Å². The molecule has 0 bridgehead atoms. The van der Waals surface area contributed by atoms with E-state index in [4.69, 9.17) is 16.3 Å². The van der Waals surface area contributed by atoms with E-state index >= 15 is 0 Å². The molecule has 0 aromatic carbocycles. The van der Waals surface area contributed by atoms with Crippen LogP contribution in [0.5, 0.6) is 0 Å². The molecular formula is C10H13ClN2O2. The molecule has 0 spiro atoms. The summed E-state index contributed by atoms with van der Waals surface area (Å²) in [6.45, 7) is 3.16. The zero-order chi connectivity index (χ0) is 10.8. The van der Waals surface area contributed by atoms with Gasteiger partial charge in [-0.3, -0.25) is 9.36 Å². The second-order valence-electron chi connectivity index (χ2n) is 3.71. The van der Waals surface area contributed by atoms with Crippen molar-refractivity contribution in [2.45, 2.75) is 25.8 Å². The quantitative estimate of drug-likeness (QED) is 0.686. The van der Waals surface area contributed by atoms with Crippen LogP contribution in [0.4, 0.5) is 0 Å². The number of hydrogen-bond donors (Lipinski definition) is 0. The SMILES string of the molecule is Cc1nc(Cl)cc(=O)n1C1CCCOC1. The highest BCUT2D eigenvalue weighted by molar-refractivity contribution is 6.29. The first-order chi connectivity index (χ1) is 7.18. The van der Waals surface area contributed by atoms with Gasteiger partial charge in [0.1, 0.15) is 11.0 Å². The third kappa shape index (κ3) is 2.21. The number of rotatable bonds is 1. The molecule has 0 amide bonds. The van der Waals surface area contributed by atoms with Gasteiger partial charge in [-0.1, -0.05) is 11.6 Å². The molecule has 0 saturated carbocycles. The summed E-state index contributed by atoms with van der Waals surface area (Å²) in [5, 5.41) is 0.255. The van der Waals surface area contributed by atoms with Crippen molar-refractivity contribution in [3.63, 3.8) is 0 Å². The fourth-order valence-corrected chi connectivity index (χ4v) is 2.16. The molecule has 1 unspecified atom stereocenters. The maximum Gasteiger partial charge on any atom is 0.255 e. The Morgan fingerprint density at radius 3 is 3.07 bits per heavy atom. The summed E-state index contributed by atoms with van der Waals surface area (Å²) in [5.41, 5.74) is -0.0944. The average Bonchev–Trinajstić information content (AvgIpc) is 2.17. The van der Waals surface area contributed by atoms with Gasteiger partial charge in [-0.05, 0) is 19.8 Å². The van der Waals surface area contributed by atoms with Crippen LogP contribution in [-0.4, -0.2) is 22.8 Å². The van der Waals surface area contributed by atoms with E-state index in [0.717, 1.165) is 19.4 Å². The summed E-state index contributed by atoms with van der Waals surface area (Å²) < 4.78 is 7.03. The first-order valence-corrected chi connectivity index (χ1v) is 5.39. The first kappa shape index (κ1) is 10.6. The van der Waals surface area contributed by atoms with E-state index in [9.17, 15) is 4.79 Å². The normalized spacial score (nSPS) is 21.6. The van der Waals surface area contributed by atoms with E-state index < -0.39 is 0 Å². The lowest BCUT2D eigenvalue weighted by Crippen LogP contribution is -2.32. The van der Waals surface area contributed by atoms with Gasteiger partial charge in [-0.25, -0.2) is 4.98 Å². The lowest BCUT2D eigenvalue weighted by Gasteiger charge is -2.25. The van der Waals surface area contributed by atoms with E-state index in [1.165, 1.54) is 6.07 Å². The molecule has 1 atom stereocenters. The Balaban J connectivity index is 2.38. The standard InChI is InChI=1S/C10H13ClN2O2/c1-7-12-9(11)5-10(14)13(7)8-3-2-4-15-6-8/h5,8H,2-4,6H2,1H3. The fraction of sp³-hybridized carbons (Fsp3) is 0.600. The van der Waals surface area contributed by atoms with Crippen LogP contribution in [0.15, 0.2) is 10.9 Å². The van der Waals surface area contributed by atoms with Crippen LogP contribution in [-0.2, 0) is 4.74 Å². The average molecular weight is 229 g/mol. The van der Waals surface area contributed by atoms with E-state index in [-0.39, 0.29) is 16.8 Å². The van der Waals surface area contributed by atoms with Gasteiger partial charge in [0.05, 0.1) is 12.6 Å².